The average Bonchev–Trinajstić information content (AvgIpc) is 2.70. The van der Waals surface area contributed by atoms with Crippen LogP contribution < -0.4 is 5.32 Å². The molecule has 0 aliphatic carbocycles. The lowest BCUT2D eigenvalue weighted by atomic mass is 10.0. The van der Waals surface area contributed by atoms with Crippen LogP contribution >= 0.6 is 27.3 Å². The molecule has 2 aromatic rings. The van der Waals surface area contributed by atoms with E-state index in [4.69, 9.17) is 0 Å². The highest BCUT2D eigenvalue weighted by molar-refractivity contribution is 9.10. The van der Waals surface area contributed by atoms with E-state index < -0.39 is 0 Å². The van der Waals surface area contributed by atoms with E-state index in [1.807, 2.05) is 33.0 Å². The lowest BCUT2D eigenvalue weighted by molar-refractivity contribution is 0.592. The van der Waals surface area contributed by atoms with E-state index in [0.29, 0.717) is 4.47 Å². The molecule has 1 aromatic heterocycles. The second-order valence-corrected chi connectivity index (χ2v) is 6.57. The molecule has 0 fully saturated rings. The second kappa shape index (κ2) is 6.11. The van der Waals surface area contributed by atoms with Gasteiger partial charge in [0, 0.05) is 10.9 Å². The van der Waals surface area contributed by atoms with Gasteiger partial charge >= 0.3 is 0 Å². The van der Waals surface area contributed by atoms with Crippen molar-refractivity contribution < 1.29 is 4.39 Å². The van der Waals surface area contributed by atoms with Crippen LogP contribution in [0.3, 0.4) is 0 Å². The van der Waals surface area contributed by atoms with Crippen molar-refractivity contribution in [3.63, 3.8) is 0 Å². The van der Waals surface area contributed by atoms with E-state index in [9.17, 15) is 4.39 Å². The monoisotopic (exact) mass is 342 g/mol. The standard InChI is InChI=1S/C14H16BrFN2S/c1-8-14(19-9(2)18-8)13(17-3)7-10-4-5-12(16)11(15)6-10/h4-6,13,17H,7H2,1-3H3. The fourth-order valence-corrected chi connectivity index (χ4v) is 3.56. The number of thiazole rings is 1. The van der Waals surface area contributed by atoms with Crippen molar-refractivity contribution in [3.05, 3.63) is 49.6 Å². The summed E-state index contributed by atoms with van der Waals surface area (Å²) in [5.41, 5.74) is 2.17. The summed E-state index contributed by atoms with van der Waals surface area (Å²) in [6.07, 6.45) is 0.817. The smallest absolute Gasteiger partial charge is 0.137 e. The lowest BCUT2D eigenvalue weighted by Gasteiger charge is -2.15. The van der Waals surface area contributed by atoms with Crippen molar-refractivity contribution in [2.75, 3.05) is 7.05 Å². The first-order valence-corrected chi connectivity index (χ1v) is 7.67. The molecule has 0 spiro atoms. The molecule has 19 heavy (non-hydrogen) atoms. The SMILES string of the molecule is CNC(Cc1ccc(F)c(Br)c1)c1sc(C)nc1C. The molecule has 1 aromatic carbocycles. The Morgan fingerprint density at radius 3 is 2.68 bits per heavy atom. The summed E-state index contributed by atoms with van der Waals surface area (Å²) < 4.78 is 13.7. The van der Waals surface area contributed by atoms with E-state index in [2.05, 4.69) is 26.2 Å². The molecule has 1 unspecified atom stereocenters. The summed E-state index contributed by atoms with van der Waals surface area (Å²) in [6.45, 7) is 4.05. The third-order valence-corrected chi connectivity index (χ3v) is 4.82. The quantitative estimate of drug-likeness (QED) is 0.902. The van der Waals surface area contributed by atoms with Gasteiger partial charge in [-0.15, -0.1) is 11.3 Å². The maximum Gasteiger partial charge on any atom is 0.137 e. The van der Waals surface area contributed by atoms with Gasteiger partial charge in [-0.2, -0.15) is 0 Å². The highest BCUT2D eigenvalue weighted by Gasteiger charge is 2.16. The molecule has 0 saturated heterocycles. The molecule has 1 N–H and O–H groups in total. The molecular formula is C14H16BrFN2S. The number of benzene rings is 1. The Morgan fingerprint density at radius 2 is 2.16 bits per heavy atom. The molecule has 0 aliphatic rings. The van der Waals surface area contributed by atoms with Crippen LogP contribution in [0.15, 0.2) is 22.7 Å². The molecule has 102 valence electrons. The predicted octanol–water partition coefficient (Wildman–Crippen LogP) is 4.16. The topological polar surface area (TPSA) is 24.9 Å². The number of hydrogen-bond donors (Lipinski definition) is 1. The first kappa shape index (κ1) is 14.6. The minimum absolute atomic E-state index is 0.212. The minimum Gasteiger partial charge on any atom is -0.312 e. The number of halogens is 2. The van der Waals surface area contributed by atoms with E-state index in [-0.39, 0.29) is 11.9 Å². The van der Waals surface area contributed by atoms with Gasteiger partial charge < -0.3 is 5.32 Å². The van der Waals surface area contributed by atoms with Crippen LogP contribution in [0.1, 0.15) is 27.2 Å². The number of hydrogen-bond acceptors (Lipinski definition) is 3. The van der Waals surface area contributed by atoms with Crippen LogP contribution in [0, 0.1) is 19.7 Å². The molecule has 2 nitrogen and oxygen atoms in total. The molecule has 1 heterocycles. The Kier molecular flexibility index (Phi) is 4.71. The highest BCUT2D eigenvalue weighted by Crippen LogP contribution is 2.28. The summed E-state index contributed by atoms with van der Waals surface area (Å²) >= 11 is 4.94. The Hall–Kier alpha value is -0.780. The number of rotatable bonds is 4. The van der Waals surface area contributed by atoms with Gasteiger partial charge in [-0.05, 0) is 60.9 Å². The Morgan fingerprint density at radius 1 is 1.42 bits per heavy atom. The van der Waals surface area contributed by atoms with Gasteiger partial charge in [0.2, 0.25) is 0 Å². The van der Waals surface area contributed by atoms with Crippen LogP contribution in [0.2, 0.25) is 0 Å². The lowest BCUT2D eigenvalue weighted by Crippen LogP contribution is -2.18. The van der Waals surface area contributed by atoms with Gasteiger partial charge in [0.05, 0.1) is 15.2 Å². The van der Waals surface area contributed by atoms with E-state index >= 15 is 0 Å². The first-order valence-electron chi connectivity index (χ1n) is 6.06. The summed E-state index contributed by atoms with van der Waals surface area (Å²) in [6, 6.07) is 5.37. The predicted molar refractivity (Wildman–Crippen MR) is 81.2 cm³/mol. The minimum atomic E-state index is -0.227. The molecule has 0 bridgehead atoms. The fraction of sp³-hybridized carbons (Fsp3) is 0.357. The molecule has 1 atom stereocenters. The number of nitrogens with one attached hydrogen (secondary N) is 1. The Balaban J connectivity index is 2.23. The summed E-state index contributed by atoms with van der Waals surface area (Å²) in [5.74, 6) is -0.227. The van der Waals surface area contributed by atoms with Crippen molar-refractivity contribution in [1.82, 2.24) is 10.3 Å². The van der Waals surface area contributed by atoms with Gasteiger partial charge in [-0.3, -0.25) is 0 Å². The van der Waals surface area contributed by atoms with E-state index in [1.165, 1.54) is 10.9 Å². The molecule has 5 heteroatoms. The van der Waals surface area contributed by atoms with Crippen molar-refractivity contribution in [2.24, 2.45) is 0 Å². The molecule has 0 radical (unpaired) electrons. The first-order chi connectivity index (χ1) is 9.01. The van der Waals surface area contributed by atoms with Crippen molar-refractivity contribution in [1.29, 1.82) is 0 Å². The maximum atomic E-state index is 13.2. The summed E-state index contributed by atoms with van der Waals surface area (Å²) in [7, 11) is 1.94. The van der Waals surface area contributed by atoms with Gasteiger partial charge in [-0.25, -0.2) is 9.37 Å². The van der Waals surface area contributed by atoms with E-state index in [1.54, 1.807) is 11.3 Å². The molecule has 0 saturated carbocycles. The average molecular weight is 343 g/mol. The third kappa shape index (κ3) is 3.41. The number of aromatic nitrogens is 1. The zero-order valence-corrected chi connectivity index (χ0v) is 13.5. The van der Waals surface area contributed by atoms with Crippen LogP contribution in [0.25, 0.3) is 0 Å². The zero-order valence-electron chi connectivity index (χ0n) is 11.1. The number of nitrogens with zero attached hydrogens (tertiary/aromatic N) is 1. The largest absolute Gasteiger partial charge is 0.312 e. The van der Waals surface area contributed by atoms with Gasteiger partial charge in [0.15, 0.2) is 0 Å². The van der Waals surface area contributed by atoms with Crippen molar-refractivity contribution in [3.8, 4) is 0 Å². The Labute approximate surface area is 125 Å². The van der Waals surface area contributed by atoms with Crippen LogP contribution in [0.5, 0.6) is 0 Å². The van der Waals surface area contributed by atoms with Gasteiger partial charge in [-0.1, -0.05) is 6.07 Å². The van der Waals surface area contributed by atoms with Gasteiger partial charge in [0.25, 0.3) is 0 Å². The second-order valence-electron chi connectivity index (χ2n) is 4.48. The molecule has 0 aliphatic heterocycles. The highest BCUT2D eigenvalue weighted by atomic mass is 79.9. The van der Waals surface area contributed by atoms with Crippen LogP contribution in [-0.2, 0) is 6.42 Å². The number of likely N-dealkylation sites (N-methyl/N-ethyl adjacent to an activating group) is 1. The van der Waals surface area contributed by atoms with Crippen LogP contribution in [0.4, 0.5) is 4.39 Å². The zero-order chi connectivity index (χ0) is 14.0. The fourth-order valence-electron chi connectivity index (χ4n) is 2.10. The van der Waals surface area contributed by atoms with E-state index in [0.717, 1.165) is 22.7 Å². The molecule has 0 amide bonds. The molecular weight excluding hydrogens is 327 g/mol. The number of aryl methyl sites for hydroxylation is 2. The Bertz CT molecular complexity index is 583. The van der Waals surface area contributed by atoms with Crippen molar-refractivity contribution in [2.45, 2.75) is 26.3 Å². The van der Waals surface area contributed by atoms with Crippen LogP contribution in [-0.4, -0.2) is 12.0 Å². The summed E-state index contributed by atoms with van der Waals surface area (Å²) in [5, 5.41) is 4.39. The summed E-state index contributed by atoms with van der Waals surface area (Å²) in [4.78, 5) is 5.71. The normalized spacial score (nSPS) is 12.7. The molecule has 2 rings (SSSR count). The maximum absolute atomic E-state index is 13.2. The van der Waals surface area contributed by atoms with Crippen molar-refractivity contribution >= 4 is 27.3 Å². The van der Waals surface area contributed by atoms with Gasteiger partial charge in [0.1, 0.15) is 5.82 Å². The third-order valence-electron chi connectivity index (χ3n) is 3.03.